The van der Waals surface area contributed by atoms with E-state index in [9.17, 15) is 9.59 Å². The van der Waals surface area contributed by atoms with Crippen LogP contribution in [0.15, 0.2) is 77.8 Å². The monoisotopic (exact) mass is 389 g/mol. The first-order valence-corrected chi connectivity index (χ1v) is 8.78. The van der Waals surface area contributed by atoms with Crippen LogP contribution < -0.4 is 9.47 Å². The largest absolute Gasteiger partial charge is 0.497 e. The minimum atomic E-state index is -0.445. The van der Waals surface area contributed by atoms with Crippen molar-refractivity contribution in [2.45, 2.75) is 0 Å². The number of aliphatic imine (C=N–C) groups is 1. The molecule has 0 bridgehead atoms. The summed E-state index contributed by atoms with van der Waals surface area (Å²) in [6.07, 6.45) is 1.68. The fraction of sp³-hybridized carbons (Fsp3) is 0.0870. The second-order valence-electron chi connectivity index (χ2n) is 5.98. The van der Waals surface area contributed by atoms with E-state index in [-0.39, 0.29) is 5.97 Å². The lowest BCUT2D eigenvalue weighted by Crippen LogP contribution is -2.08. The van der Waals surface area contributed by atoms with E-state index in [1.54, 1.807) is 86.1 Å². The van der Waals surface area contributed by atoms with E-state index in [0.717, 1.165) is 5.56 Å². The standard InChI is InChI=1S/C23H19NO5/c1-27-20-13-7-18(8-14-20)23(26)29-21-11-3-16(4-12-21)15-24-19-9-5-17(6-10-19)22(25)28-2/h3-15H,1-2H3. The highest BCUT2D eigenvalue weighted by atomic mass is 16.5. The predicted octanol–water partition coefficient (Wildman–Crippen LogP) is 4.45. The first-order valence-electron chi connectivity index (χ1n) is 8.78. The Balaban J connectivity index is 1.61. The summed E-state index contributed by atoms with van der Waals surface area (Å²) in [4.78, 5) is 28.0. The van der Waals surface area contributed by atoms with Crippen LogP contribution in [0.5, 0.6) is 11.5 Å². The molecule has 0 aliphatic carbocycles. The van der Waals surface area contributed by atoms with Crippen LogP contribution in [-0.2, 0) is 4.74 Å². The van der Waals surface area contributed by atoms with Crippen LogP contribution in [-0.4, -0.2) is 32.4 Å². The molecule has 0 radical (unpaired) electrons. The first-order chi connectivity index (χ1) is 14.1. The molecule has 0 atom stereocenters. The minimum Gasteiger partial charge on any atom is -0.497 e. The van der Waals surface area contributed by atoms with Crippen molar-refractivity contribution in [3.63, 3.8) is 0 Å². The molecule has 0 aliphatic rings. The predicted molar refractivity (Wildman–Crippen MR) is 109 cm³/mol. The van der Waals surface area contributed by atoms with Crippen molar-refractivity contribution in [1.82, 2.24) is 0 Å². The molecule has 0 amide bonds. The Morgan fingerprint density at radius 2 is 1.28 bits per heavy atom. The molecular formula is C23H19NO5. The van der Waals surface area contributed by atoms with Crippen LogP contribution >= 0.6 is 0 Å². The molecular weight excluding hydrogens is 370 g/mol. The van der Waals surface area contributed by atoms with E-state index in [1.165, 1.54) is 7.11 Å². The van der Waals surface area contributed by atoms with Crippen LogP contribution in [0.25, 0.3) is 0 Å². The van der Waals surface area contributed by atoms with Gasteiger partial charge in [-0.05, 0) is 78.4 Å². The van der Waals surface area contributed by atoms with Crippen molar-refractivity contribution in [3.8, 4) is 11.5 Å². The molecule has 3 rings (SSSR count). The van der Waals surface area contributed by atoms with Crippen molar-refractivity contribution < 1.29 is 23.8 Å². The Morgan fingerprint density at radius 1 is 0.724 bits per heavy atom. The molecule has 29 heavy (non-hydrogen) atoms. The molecule has 3 aromatic rings. The number of ether oxygens (including phenoxy) is 3. The third kappa shape index (κ3) is 5.29. The van der Waals surface area contributed by atoms with Gasteiger partial charge in [0.15, 0.2) is 0 Å². The van der Waals surface area contributed by atoms with E-state index in [0.29, 0.717) is 28.3 Å². The Labute approximate surface area is 168 Å². The highest BCUT2D eigenvalue weighted by molar-refractivity contribution is 5.91. The molecule has 0 heterocycles. The van der Waals surface area contributed by atoms with Crippen LogP contribution in [0.3, 0.4) is 0 Å². The molecule has 0 unspecified atom stereocenters. The lowest BCUT2D eigenvalue weighted by Gasteiger charge is -2.05. The molecule has 0 spiro atoms. The number of rotatable bonds is 6. The summed E-state index contributed by atoms with van der Waals surface area (Å²) < 4.78 is 15.1. The third-order valence-electron chi connectivity index (χ3n) is 4.07. The normalized spacial score (nSPS) is 10.6. The van der Waals surface area contributed by atoms with Gasteiger partial charge in [0.25, 0.3) is 0 Å². The van der Waals surface area contributed by atoms with Gasteiger partial charge in [-0.1, -0.05) is 0 Å². The first kappa shape index (κ1) is 19.8. The maximum absolute atomic E-state index is 12.2. The Morgan fingerprint density at radius 3 is 1.86 bits per heavy atom. The maximum atomic E-state index is 12.2. The number of benzene rings is 3. The fourth-order valence-electron chi connectivity index (χ4n) is 2.47. The van der Waals surface area contributed by atoms with Crippen molar-refractivity contribution in [1.29, 1.82) is 0 Å². The van der Waals surface area contributed by atoms with Gasteiger partial charge in [0, 0.05) is 6.21 Å². The van der Waals surface area contributed by atoms with Crippen LogP contribution in [0, 0.1) is 0 Å². The summed E-state index contributed by atoms with van der Waals surface area (Å²) >= 11 is 0. The number of nitrogens with zero attached hydrogens (tertiary/aromatic N) is 1. The molecule has 3 aromatic carbocycles. The molecule has 0 N–H and O–H groups in total. The quantitative estimate of drug-likeness (QED) is 0.354. The second-order valence-corrected chi connectivity index (χ2v) is 5.98. The zero-order valence-corrected chi connectivity index (χ0v) is 16.0. The van der Waals surface area contributed by atoms with Crippen molar-refractivity contribution in [2.24, 2.45) is 4.99 Å². The van der Waals surface area contributed by atoms with Gasteiger partial charge in [-0.3, -0.25) is 4.99 Å². The van der Waals surface area contributed by atoms with Gasteiger partial charge in [0.1, 0.15) is 11.5 Å². The van der Waals surface area contributed by atoms with Gasteiger partial charge in [0.05, 0.1) is 31.0 Å². The number of esters is 2. The van der Waals surface area contributed by atoms with Gasteiger partial charge in [-0.2, -0.15) is 0 Å². The van der Waals surface area contributed by atoms with Gasteiger partial charge in [-0.25, -0.2) is 9.59 Å². The molecule has 0 saturated carbocycles. The fourth-order valence-corrected chi connectivity index (χ4v) is 2.47. The molecule has 6 heteroatoms. The minimum absolute atomic E-state index is 0.389. The van der Waals surface area contributed by atoms with Crippen molar-refractivity contribution >= 4 is 23.8 Å². The highest BCUT2D eigenvalue weighted by Crippen LogP contribution is 2.17. The summed E-state index contributed by atoms with van der Waals surface area (Å²) in [5.74, 6) is 0.274. The zero-order chi connectivity index (χ0) is 20.6. The number of hydrogen-bond donors (Lipinski definition) is 0. The highest BCUT2D eigenvalue weighted by Gasteiger charge is 2.08. The summed E-state index contributed by atoms with van der Waals surface area (Å²) in [6.45, 7) is 0. The summed E-state index contributed by atoms with van der Waals surface area (Å²) in [7, 11) is 2.90. The molecule has 0 saturated heterocycles. The summed E-state index contributed by atoms with van der Waals surface area (Å²) in [6, 6.07) is 20.4. The zero-order valence-electron chi connectivity index (χ0n) is 16.0. The number of carbonyl (C=O) groups excluding carboxylic acids is 2. The van der Waals surface area contributed by atoms with Crippen LogP contribution in [0.2, 0.25) is 0 Å². The van der Waals surface area contributed by atoms with Crippen LogP contribution in [0.1, 0.15) is 26.3 Å². The molecule has 0 aromatic heterocycles. The van der Waals surface area contributed by atoms with Gasteiger partial charge >= 0.3 is 11.9 Å². The Bertz CT molecular complexity index is 1010. The maximum Gasteiger partial charge on any atom is 0.343 e. The van der Waals surface area contributed by atoms with Crippen molar-refractivity contribution in [3.05, 3.63) is 89.5 Å². The van der Waals surface area contributed by atoms with Gasteiger partial charge < -0.3 is 14.2 Å². The van der Waals surface area contributed by atoms with Crippen LogP contribution in [0.4, 0.5) is 5.69 Å². The Hall–Kier alpha value is -3.93. The van der Waals surface area contributed by atoms with Gasteiger partial charge in [-0.15, -0.1) is 0 Å². The van der Waals surface area contributed by atoms with E-state index in [4.69, 9.17) is 9.47 Å². The van der Waals surface area contributed by atoms with E-state index >= 15 is 0 Å². The summed E-state index contributed by atoms with van der Waals surface area (Å²) in [5.41, 5.74) is 2.44. The lowest BCUT2D eigenvalue weighted by molar-refractivity contribution is 0.0600. The molecule has 0 fully saturated rings. The number of carbonyl (C=O) groups is 2. The van der Waals surface area contributed by atoms with E-state index < -0.39 is 5.97 Å². The average Bonchev–Trinajstić information content (AvgIpc) is 2.78. The van der Waals surface area contributed by atoms with E-state index in [2.05, 4.69) is 9.73 Å². The average molecular weight is 389 g/mol. The topological polar surface area (TPSA) is 74.2 Å². The lowest BCUT2D eigenvalue weighted by atomic mass is 10.2. The molecule has 146 valence electrons. The number of methoxy groups -OCH3 is 2. The molecule has 6 nitrogen and oxygen atoms in total. The van der Waals surface area contributed by atoms with Crippen molar-refractivity contribution in [2.75, 3.05) is 14.2 Å². The number of hydrogen-bond acceptors (Lipinski definition) is 6. The Kier molecular flexibility index (Phi) is 6.37. The van der Waals surface area contributed by atoms with Gasteiger partial charge in [0.2, 0.25) is 0 Å². The smallest absolute Gasteiger partial charge is 0.343 e. The SMILES string of the molecule is COC(=O)c1ccc(N=Cc2ccc(OC(=O)c3ccc(OC)cc3)cc2)cc1. The second kappa shape index (κ2) is 9.32. The molecule has 0 aliphatic heterocycles. The van der Waals surface area contributed by atoms with E-state index in [1.807, 2.05) is 0 Å². The summed E-state index contributed by atoms with van der Waals surface area (Å²) in [5, 5.41) is 0. The third-order valence-corrected chi connectivity index (χ3v) is 4.07.